The van der Waals surface area contributed by atoms with Gasteiger partial charge in [-0.3, -0.25) is 4.79 Å². The summed E-state index contributed by atoms with van der Waals surface area (Å²) >= 11 is 7.15. The van der Waals surface area contributed by atoms with Crippen LogP contribution in [0.2, 0.25) is 4.34 Å². The molecule has 0 aliphatic carbocycles. The fourth-order valence-corrected chi connectivity index (χ4v) is 2.29. The lowest BCUT2D eigenvalue weighted by Gasteiger charge is -2.03. The van der Waals surface area contributed by atoms with E-state index in [4.69, 9.17) is 11.6 Å². The summed E-state index contributed by atoms with van der Waals surface area (Å²) in [6, 6.07) is 6.15. The van der Waals surface area contributed by atoms with E-state index in [-0.39, 0.29) is 11.5 Å². The second-order valence-electron chi connectivity index (χ2n) is 3.26. The Morgan fingerprint density at radius 1 is 1.47 bits per heavy atom. The van der Waals surface area contributed by atoms with Crippen molar-refractivity contribution in [1.82, 2.24) is 10.3 Å². The Bertz CT molecular complexity index is 544. The second kappa shape index (κ2) is 5.25. The third-order valence-electron chi connectivity index (χ3n) is 2.04. The average Bonchev–Trinajstić information content (AvgIpc) is 2.72. The molecule has 0 aliphatic heterocycles. The Kier molecular flexibility index (Phi) is 3.71. The molecule has 0 unspecified atom stereocenters. The van der Waals surface area contributed by atoms with Crippen LogP contribution in [0, 0.1) is 5.95 Å². The van der Waals surface area contributed by atoms with Gasteiger partial charge in [-0.15, -0.1) is 11.3 Å². The first kappa shape index (κ1) is 12.0. The van der Waals surface area contributed by atoms with Crippen LogP contribution < -0.4 is 5.32 Å². The number of amides is 1. The zero-order valence-electron chi connectivity index (χ0n) is 8.61. The first-order valence-corrected chi connectivity index (χ1v) is 5.98. The molecule has 2 heterocycles. The number of hydrogen-bond acceptors (Lipinski definition) is 3. The number of thiophene rings is 1. The molecular weight excluding hydrogens is 263 g/mol. The molecule has 1 amide bonds. The lowest BCUT2D eigenvalue weighted by Crippen LogP contribution is -2.22. The van der Waals surface area contributed by atoms with Crippen LogP contribution in [0.4, 0.5) is 4.39 Å². The fraction of sp³-hybridized carbons (Fsp3) is 0.0909. The molecule has 0 atom stereocenters. The SMILES string of the molecule is O=C(NCc1ccc(Cl)s1)c1ccnc(F)c1. The largest absolute Gasteiger partial charge is 0.347 e. The van der Waals surface area contributed by atoms with E-state index >= 15 is 0 Å². The number of pyridine rings is 1. The van der Waals surface area contributed by atoms with Gasteiger partial charge in [-0.05, 0) is 18.2 Å². The van der Waals surface area contributed by atoms with Gasteiger partial charge in [-0.1, -0.05) is 11.6 Å². The summed E-state index contributed by atoms with van der Waals surface area (Å²) < 4.78 is 13.5. The first-order chi connectivity index (χ1) is 8.15. The molecule has 0 saturated heterocycles. The van der Waals surface area contributed by atoms with Crippen LogP contribution in [-0.2, 0) is 6.54 Å². The van der Waals surface area contributed by atoms with E-state index in [2.05, 4.69) is 10.3 Å². The highest BCUT2D eigenvalue weighted by atomic mass is 35.5. The minimum absolute atomic E-state index is 0.250. The summed E-state index contributed by atoms with van der Waals surface area (Å²) in [6.45, 7) is 0.375. The molecular formula is C11H8ClFN2OS. The Labute approximate surface area is 106 Å². The van der Waals surface area contributed by atoms with Gasteiger partial charge in [-0.25, -0.2) is 4.98 Å². The number of carbonyl (C=O) groups is 1. The van der Waals surface area contributed by atoms with Gasteiger partial charge < -0.3 is 5.32 Å². The number of halogens is 2. The van der Waals surface area contributed by atoms with Gasteiger partial charge >= 0.3 is 0 Å². The topological polar surface area (TPSA) is 42.0 Å². The lowest BCUT2D eigenvalue weighted by atomic mass is 10.2. The summed E-state index contributed by atoms with van der Waals surface area (Å²) in [5, 5.41) is 2.67. The molecule has 2 aromatic heterocycles. The van der Waals surface area contributed by atoms with Crippen molar-refractivity contribution in [1.29, 1.82) is 0 Å². The molecule has 0 saturated carbocycles. The van der Waals surface area contributed by atoms with E-state index in [1.165, 1.54) is 23.6 Å². The second-order valence-corrected chi connectivity index (χ2v) is 5.06. The molecule has 2 rings (SSSR count). The minimum atomic E-state index is -0.670. The molecule has 0 bridgehead atoms. The molecule has 17 heavy (non-hydrogen) atoms. The molecule has 3 nitrogen and oxygen atoms in total. The fourth-order valence-electron chi connectivity index (χ4n) is 1.26. The van der Waals surface area contributed by atoms with Crippen LogP contribution in [0.25, 0.3) is 0 Å². The smallest absolute Gasteiger partial charge is 0.251 e. The molecule has 88 valence electrons. The van der Waals surface area contributed by atoms with Crippen LogP contribution in [0.3, 0.4) is 0 Å². The predicted molar refractivity (Wildman–Crippen MR) is 64.7 cm³/mol. The maximum Gasteiger partial charge on any atom is 0.251 e. The van der Waals surface area contributed by atoms with E-state index in [0.29, 0.717) is 10.9 Å². The molecule has 0 radical (unpaired) electrons. The predicted octanol–water partition coefficient (Wildman–Crippen LogP) is 2.87. The first-order valence-electron chi connectivity index (χ1n) is 4.79. The minimum Gasteiger partial charge on any atom is -0.347 e. The molecule has 0 aliphatic rings. The van der Waals surface area contributed by atoms with Crippen molar-refractivity contribution in [2.45, 2.75) is 6.54 Å². The molecule has 0 fully saturated rings. The van der Waals surface area contributed by atoms with Crippen molar-refractivity contribution in [3.05, 3.63) is 51.2 Å². The van der Waals surface area contributed by atoms with Crippen LogP contribution in [0.15, 0.2) is 30.5 Å². The zero-order valence-corrected chi connectivity index (χ0v) is 10.2. The number of nitrogens with zero attached hydrogens (tertiary/aromatic N) is 1. The molecule has 1 N–H and O–H groups in total. The van der Waals surface area contributed by atoms with Crippen molar-refractivity contribution in [3.63, 3.8) is 0 Å². The van der Waals surface area contributed by atoms with Gasteiger partial charge in [0.1, 0.15) is 0 Å². The highest BCUT2D eigenvalue weighted by molar-refractivity contribution is 7.16. The standard InChI is InChI=1S/C11H8ClFN2OS/c12-9-2-1-8(17-9)6-15-11(16)7-3-4-14-10(13)5-7/h1-5H,6H2,(H,15,16). The quantitative estimate of drug-likeness (QED) is 0.872. The van der Waals surface area contributed by atoms with Gasteiger partial charge in [0.05, 0.1) is 10.9 Å². The average molecular weight is 271 g/mol. The van der Waals surface area contributed by atoms with Gasteiger partial charge in [0.2, 0.25) is 5.95 Å². The van der Waals surface area contributed by atoms with Gasteiger partial charge in [0.25, 0.3) is 5.91 Å². The highest BCUT2D eigenvalue weighted by Gasteiger charge is 2.07. The van der Waals surface area contributed by atoms with Gasteiger partial charge in [-0.2, -0.15) is 4.39 Å². The summed E-state index contributed by atoms with van der Waals surface area (Å²) in [6.07, 6.45) is 1.26. The van der Waals surface area contributed by atoms with Gasteiger partial charge in [0, 0.05) is 22.7 Å². The number of carbonyl (C=O) groups excluding carboxylic acids is 1. The summed E-state index contributed by atoms with van der Waals surface area (Å²) in [7, 11) is 0. The Hall–Kier alpha value is -1.46. The molecule has 2 aromatic rings. The van der Waals surface area contributed by atoms with E-state index < -0.39 is 5.95 Å². The summed E-state index contributed by atoms with van der Waals surface area (Å²) in [5.41, 5.74) is 0.250. The summed E-state index contributed by atoms with van der Waals surface area (Å²) in [5.74, 6) is -1.01. The van der Waals surface area contributed by atoms with Crippen LogP contribution >= 0.6 is 22.9 Å². The third-order valence-corrected chi connectivity index (χ3v) is 3.27. The van der Waals surface area contributed by atoms with Crippen LogP contribution in [-0.4, -0.2) is 10.9 Å². The summed E-state index contributed by atoms with van der Waals surface area (Å²) in [4.78, 5) is 16.0. The van der Waals surface area contributed by atoms with Crippen LogP contribution in [0.1, 0.15) is 15.2 Å². The van der Waals surface area contributed by atoms with Crippen molar-refractivity contribution >= 4 is 28.8 Å². The number of nitrogens with one attached hydrogen (secondary N) is 1. The van der Waals surface area contributed by atoms with Crippen molar-refractivity contribution in [2.24, 2.45) is 0 Å². The Morgan fingerprint density at radius 3 is 2.94 bits per heavy atom. The van der Waals surface area contributed by atoms with Crippen LogP contribution in [0.5, 0.6) is 0 Å². The van der Waals surface area contributed by atoms with Crippen molar-refractivity contribution in [2.75, 3.05) is 0 Å². The Morgan fingerprint density at radius 2 is 2.29 bits per heavy atom. The maximum absolute atomic E-state index is 12.8. The Balaban J connectivity index is 1.98. The van der Waals surface area contributed by atoms with Crippen molar-refractivity contribution < 1.29 is 9.18 Å². The number of aromatic nitrogens is 1. The molecule has 6 heteroatoms. The normalized spacial score (nSPS) is 10.2. The number of hydrogen-bond donors (Lipinski definition) is 1. The van der Waals surface area contributed by atoms with E-state index in [1.54, 1.807) is 6.07 Å². The monoisotopic (exact) mass is 270 g/mol. The van der Waals surface area contributed by atoms with E-state index in [0.717, 1.165) is 10.9 Å². The highest BCUT2D eigenvalue weighted by Crippen LogP contribution is 2.21. The van der Waals surface area contributed by atoms with E-state index in [1.807, 2.05) is 6.07 Å². The lowest BCUT2D eigenvalue weighted by molar-refractivity contribution is 0.0950. The third kappa shape index (κ3) is 3.25. The molecule has 0 spiro atoms. The number of rotatable bonds is 3. The maximum atomic E-state index is 12.8. The van der Waals surface area contributed by atoms with E-state index in [9.17, 15) is 9.18 Å². The molecule has 0 aromatic carbocycles. The zero-order chi connectivity index (χ0) is 12.3. The van der Waals surface area contributed by atoms with Crippen molar-refractivity contribution in [3.8, 4) is 0 Å². The van der Waals surface area contributed by atoms with Gasteiger partial charge in [0.15, 0.2) is 0 Å².